The van der Waals surface area contributed by atoms with Gasteiger partial charge in [0.2, 0.25) is 0 Å². The van der Waals surface area contributed by atoms with Crippen molar-refractivity contribution in [1.82, 2.24) is 14.6 Å². The van der Waals surface area contributed by atoms with E-state index in [1.54, 1.807) is 10.7 Å². The first-order valence-corrected chi connectivity index (χ1v) is 5.46. The standard InChI is InChI=1S/C9H9BrClN3/c1-5(2)8-7(11)9-12-3-6(10)4-14(9)13-8/h3-5H,1-2H3. The lowest BCUT2D eigenvalue weighted by molar-refractivity contribution is 0.785. The summed E-state index contributed by atoms with van der Waals surface area (Å²) in [5.41, 5.74) is 1.59. The first kappa shape index (κ1) is 9.93. The summed E-state index contributed by atoms with van der Waals surface area (Å²) in [5, 5.41) is 5.01. The average Bonchev–Trinajstić information content (AvgIpc) is 2.43. The van der Waals surface area contributed by atoms with Crippen molar-refractivity contribution >= 4 is 33.2 Å². The molecule has 14 heavy (non-hydrogen) atoms. The highest BCUT2D eigenvalue weighted by Gasteiger charge is 2.14. The van der Waals surface area contributed by atoms with Crippen LogP contribution in [0.25, 0.3) is 5.65 Å². The van der Waals surface area contributed by atoms with E-state index in [-0.39, 0.29) is 0 Å². The monoisotopic (exact) mass is 273 g/mol. The summed E-state index contributed by atoms with van der Waals surface area (Å²) in [7, 11) is 0. The Morgan fingerprint density at radius 3 is 2.86 bits per heavy atom. The minimum Gasteiger partial charge on any atom is -0.235 e. The van der Waals surface area contributed by atoms with Crippen molar-refractivity contribution in [1.29, 1.82) is 0 Å². The van der Waals surface area contributed by atoms with Crippen molar-refractivity contribution in [3.63, 3.8) is 0 Å². The van der Waals surface area contributed by atoms with E-state index < -0.39 is 0 Å². The van der Waals surface area contributed by atoms with Gasteiger partial charge in [-0.1, -0.05) is 25.4 Å². The third kappa shape index (κ3) is 1.53. The van der Waals surface area contributed by atoms with Crippen LogP contribution in [-0.4, -0.2) is 14.6 Å². The molecule has 0 spiro atoms. The van der Waals surface area contributed by atoms with Gasteiger partial charge in [0.05, 0.1) is 10.2 Å². The van der Waals surface area contributed by atoms with Crippen molar-refractivity contribution in [3.05, 3.63) is 27.6 Å². The fourth-order valence-corrected chi connectivity index (χ4v) is 1.96. The normalized spacial score (nSPS) is 11.5. The number of hydrogen-bond acceptors (Lipinski definition) is 2. The molecule has 0 unspecified atom stereocenters. The van der Waals surface area contributed by atoms with Crippen LogP contribution in [-0.2, 0) is 0 Å². The van der Waals surface area contributed by atoms with E-state index in [2.05, 4.69) is 39.9 Å². The minimum atomic E-state index is 0.308. The number of halogens is 2. The molecule has 74 valence electrons. The van der Waals surface area contributed by atoms with Gasteiger partial charge >= 0.3 is 0 Å². The molecule has 0 aliphatic carbocycles. The van der Waals surface area contributed by atoms with Gasteiger partial charge in [-0.25, -0.2) is 9.50 Å². The summed E-state index contributed by atoms with van der Waals surface area (Å²) in [5.74, 6) is 0.308. The molecule has 0 atom stereocenters. The Morgan fingerprint density at radius 2 is 2.21 bits per heavy atom. The number of aromatic nitrogens is 3. The lowest BCUT2D eigenvalue weighted by Crippen LogP contribution is -1.91. The fourth-order valence-electron chi connectivity index (χ4n) is 1.27. The Balaban J connectivity index is 2.73. The van der Waals surface area contributed by atoms with Crippen molar-refractivity contribution < 1.29 is 0 Å². The van der Waals surface area contributed by atoms with Gasteiger partial charge < -0.3 is 0 Å². The molecule has 5 heteroatoms. The Hall–Kier alpha value is -0.610. The SMILES string of the molecule is CC(C)c1nn2cc(Br)cnc2c1Cl. The maximum Gasteiger partial charge on any atom is 0.174 e. The van der Waals surface area contributed by atoms with Crippen molar-refractivity contribution in [2.45, 2.75) is 19.8 Å². The van der Waals surface area contributed by atoms with E-state index in [0.29, 0.717) is 16.6 Å². The first-order valence-electron chi connectivity index (χ1n) is 4.29. The van der Waals surface area contributed by atoms with E-state index in [0.717, 1.165) is 10.2 Å². The average molecular weight is 275 g/mol. The molecule has 2 aromatic heterocycles. The van der Waals surface area contributed by atoms with Crippen LogP contribution in [0.5, 0.6) is 0 Å². The van der Waals surface area contributed by atoms with Gasteiger partial charge in [-0.2, -0.15) is 5.10 Å². The molecule has 2 aromatic rings. The molecule has 0 amide bonds. The Labute approximate surface area is 95.2 Å². The van der Waals surface area contributed by atoms with Gasteiger partial charge in [-0.05, 0) is 21.8 Å². The van der Waals surface area contributed by atoms with Gasteiger partial charge in [-0.3, -0.25) is 0 Å². The predicted molar refractivity (Wildman–Crippen MR) is 59.8 cm³/mol. The molecular formula is C9H9BrClN3. The van der Waals surface area contributed by atoms with Crippen molar-refractivity contribution in [2.75, 3.05) is 0 Å². The van der Waals surface area contributed by atoms with Crippen LogP contribution in [0, 0.1) is 0 Å². The molecule has 0 aliphatic heterocycles. The van der Waals surface area contributed by atoms with E-state index >= 15 is 0 Å². The molecule has 0 N–H and O–H groups in total. The number of nitrogens with zero attached hydrogens (tertiary/aromatic N) is 3. The molecule has 0 bridgehead atoms. The van der Waals surface area contributed by atoms with Crippen LogP contribution in [0.15, 0.2) is 16.9 Å². The number of fused-ring (bicyclic) bond motifs is 1. The molecule has 0 saturated heterocycles. The molecular weight excluding hydrogens is 265 g/mol. The van der Waals surface area contributed by atoms with Gasteiger partial charge in [0.15, 0.2) is 5.65 Å². The Morgan fingerprint density at radius 1 is 1.50 bits per heavy atom. The van der Waals surface area contributed by atoms with Crippen LogP contribution >= 0.6 is 27.5 Å². The smallest absolute Gasteiger partial charge is 0.174 e. The van der Waals surface area contributed by atoms with E-state index in [9.17, 15) is 0 Å². The lowest BCUT2D eigenvalue weighted by Gasteiger charge is -1.97. The highest BCUT2D eigenvalue weighted by atomic mass is 79.9. The van der Waals surface area contributed by atoms with Crippen molar-refractivity contribution in [3.8, 4) is 0 Å². The fraction of sp³-hybridized carbons (Fsp3) is 0.333. The third-order valence-corrected chi connectivity index (χ3v) is 2.73. The largest absolute Gasteiger partial charge is 0.235 e. The molecule has 0 fully saturated rings. The van der Waals surface area contributed by atoms with E-state index in [1.165, 1.54) is 0 Å². The van der Waals surface area contributed by atoms with Crippen LogP contribution in [0.3, 0.4) is 0 Å². The summed E-state index contributed by atoms with van der Waals surface area (Å²) < 4.78 is 2.58. The molecule has 2 rings (SSSR count). The van der Waals surface area contributed by atoms with Crippen LogP contribution in [0.4, 0.5) is 0 Å². The molecule has 3 nitrogen and oxygen atoms in total. The third-order valence-electron chi connectivity index (χ3n) is 1.96. The maximum atomic E-state index is 6.14. The Bertz CT molecular complexity index is 478. The molecule has 0 aromatic carbocycles. The highest BCUT2D eigenvalue weighted by Crippen LogP contribution is 2.26. The quantitative estimate of drug-likeness (QED) is 0.799. The Kier molecular flexibility index (Phi) is 2.49. The van der Waals surface area contributed by atoms with E-state index in [1.807, 2.05) is 6.20 Å². The maximum absolute atomic E-state index is 6.14. The molecule has 2 heterocycles. The predicted octanol–water partition coefficient (Wildman–Crippen LogP) is 3.27. The molecule has 0 aliphatic rings. The second kappa shape index (κ2) is 3.51. The second-order valence-corrected chi connectivity index (χ2v) is 4.69. The molecule has 0 saturated carbocycles. The second-order valence-electron chi connectivity index (χ2n) is 3.39. The van der Waals surface area contributed by atoms with E-state index in [4.69, 9.17) is 11.6 Å². The number of hydrogen-bond donors (Lipinski definition) is 0. The first-order chi connectivity index (χ1) is 6.59. The van der Waals surface area contributed by atoms with Gasteiger partial charge in [0.1, 0.15) is 5.02 Å². The summed E-state index contributed by atoms with van der Waals surface area (Å²) in [6, 6.07) is 0. The van der Waals surface area contributed by atoms with Gasteiger partial charge in [-0.15, -0.1) is 0 Å². The zero-order valence-electron chi connectivity index (χ0n) is 7.83. The molecule has 0 radical (unpaired) electrons. The van der Waals surface area contributed by atoms with Crippen LogP contribution in [0.2, 0.25) is 5.02 Å². The summed E-state index contributed by atoms with van der Waals surface area (Å²) in [4.78, 5) is 4.20. The topological polar surface area (TPSA) is 30.2 Å². The van der Waals surface area contributed by atoms with Crippen LogP contribution < -0.4 is 0 Å². The van der Waals surface area contributed by atoms with Crippen molar-refractivity contribution in [2.24, 2.45) is 0 Å². The van der Waals surface area contributed by atoms with Gasteiger partial charge in [0.25, 0.3) is 0 Å². The summed E-state index contributed by atoms with van der Waals surface area (Å²) in [6.07, 6.45) is 3.56. The van der Waals surface area contributed by atoms with Crippen LogP contribution in [0.1, 0.15) is 25.5 Å². The zero-order chi connectivity index (χ0) is 10.3. The highest BCUT2D eigenvalue weighted by molar-refractivity contribution is 9.10. The van der Waals surface area contributed by atoms with Gasteiger partial charge in [0, 0.05) is 12.4 Å². The minimum absolute atomic E-state index is 0.308. The summed E-state index contributed by atoms with van der Waals surface area (Å²) in [6.45, 7) is 4.12. The lowest BCUT2D eigenvalue weighted by atomic mass is 10.1. The number of rotatable bonds is 1. The summed E-state index contributed by atoms with van der Waals surface area (Å²) >= 11 is 9.48. The zero-order valence-corrected chi connectivity index (χ0v) is 10.2.